The predicted octanol–water partition coefficient (Wildman–Crippen LogP) is 5.94. The third-order valence-electron chi connectivity index (χ3n) is 3.02. The summed E-state index contributed by atoms with van der Waals surface area (Å²) in [4.78, 5) is 4.37. The average Bonchev–Trinajstić information content (AvgIpc) is 2.45. The molecule has 2 aromatic rings. The highest BCUT2D eigenvalue weighted by Crippen LogP contribution is 2.38. The Morgan fingerprint density at radius 2 is 1.70 bits per heavy atom. The Morgan fingerprint density at radius 3 is 2.30 bits per heavy atom. The van der Waals surface area contributed by atoms with Crippen molar-refractivity contribution < 1.29 is 5.11 Å². The molecule has 20 heavy (non-hydrogen) atoms. The van der Waals surface area contributed by atoms with E-state index in [1.165, 1.54) is 0 Å². The second-order valence-corrected chi connectivity index (χ2v) is 6.46. The third-order valence-corrected chi connectivity index (χ3v) is 5.09. The highest BCUT2D eigenvalue weighted by molar-refractivity contribution is 9.10. The minimum atomic E-state index is 0.158. The molecule has 0 radical (unpaired) electrons. The van der Waals surface area contributed by atoms with Crippen molar-refractivity contribution in [3.8, 4) is 5.75 Å². The van der Waals surface area contributed by atoms with E-state index in [2.05, 4.69) is 36.9 Å². The first-order chi connectivity index (χ1) is 9.41. The van der Waals surface area contributed by atoms with Crippen molar-refractivity contribution in [3.05, 3.63) is 54.9 Å². The number of phenols is 1. The molecule has 0 unspecified atom stereocenters. The molecule has 1 N–H and O–H groups in total. The lowest BCUT2D eigenvalue weighted by molar-refractivity contribution is 0.470. The molecule has 0 aliphatic heterocycles. The van der Waals surface area contributed by atoms with Crippen LogP contribution in [0.15, 0.2) is 38.2 Å². The van der Waals surface area contributed by atoms with Crippen molar-refractivity contribution in [2.24, 2.45) is 4.99 Å². The molecule has 0 heterocycles. The summed E-state index contributed by atoms with van der Waals surface area (Å²) in [6.07, 6.45) is 1.63. The van der Waals surface area contributed by atoms with Crippen LogP contribution in [0.4, 0.5) is 5.69 Å². The molecule has 0 atom stereocenters. The van der Waals surface area contributed by atoms with Gasteiger partial charge in [-0.3, -0.25) is 4.99 Å². The van der Waals surface area contributed by atoms with Crippen LogP contribution >= 0.6 is 43.5 Å². The van der Waals surface area contributed by atoms with E-state index < -0.39 is 0 Å². The van der Waals surface area contributed by atoms with Gasteiger partial charge in [0.15, 0.2) is 0 Å². The molecule has 0 spiro atoms. The summed E-state index contributed by atoms with van der Waals surface area (Å²) in [5, 5.41) is 10.8. The van der Waals surface area contributed by atoms with Crippen LogP contribution in [-0.2, 0) is 0 Å². The first kappa shape index (κ1) is 15.5. The Bertz CT molecular complexity index is 652. The summed E-state index contributed by atoms with van der Waals surface area (Å²) in [6.45, 7) is 3.72. The summed E-state index contributed by atoms with van der Waals surface area (Å²) in [6, 6.07) is 7.60. The van der Waals surface area contributed by atoms with Gasteiger partial charge < -0.3 is 5.11 Å². The normalized spacial score (nSPS) is 11.2. The van der Waals surface area contributed by atoms with Crippen LogP contribution in [0.5, 0.6) is 5.75 Å². The third kappa shape index (κ3) is 3.08. The molecule has 0 saturated carbocycles. The molecule has 2 nitrogen and oxygen atoms in total. The molecule has 2 aromatic carbocycles. The highest BCUT2D eigenvalue weighted by atomic mass is 79.9. The number of benzene rings is 2. The second kappa shape index (κ2) is 6.29. The van der Waals surface area contributed by atoms with Gasteiger partial charge >= 0.3 is 0 Å². The highest BCUT2D eigenvalue weighted by Gasteiger charge is 2.15. The summed E-state index contributed by atoms with van der Waals surface area (Å²) in [7, 11) is 0. The lowest BCUT2D eigenvalue weighted by Crippen LogP contribution is -1.94. The van der Waals surface area contributed by atoms with Crippen LogP contribution < -0.4 is 0 Å². The maximum Gasteiger partial charge on any atom is 0.139 e. The number of aliphatic imine (C=N–C) groups is 1. The van der Waals surface area contributed by atoms with Crippen LogP contribution in [0.3, 0.4) is 0 Å². The quantitative estimate of drug-likeness (QED) is 0.603. The number of nitrogens with zero attached hydrogens (tertiary/aromatic N) is 1. The Kier molecular flexibility index (Phi) is 4.89. The largest absolute Gasteiger partial charge is 0.506 e. The van der Waals surface area contributed by atoms with E-state index in [1.807, 2.05) is 38.1 Å². The standard InChI is InChI=1S/C15H12Br2ClNO/c1-8-12(15(20)13(17)9(2)14(8)18)7-19-11-5-3-10(16)4-6-11/h3-7,20H,1-2H3. The maximum atomic E-state index is 10.2. The summed E-state index contributed by atoms with van der Waals surface area (Å²) >= 11 is 13.0. The smallest absolute Gasteiger partial charge is 0.139 e. The van der Waals surface area contributed by atoms with Gasteiger partial charge in [0.25, 0.3) is 0 Å². The lowest BCUT2D eigenvalue weighted by atomic mass is 10.0. The Hall–Kier alpha value is -0.840. The first-order valence-electron chi connectivity index (χ1n) is 5.88. The van der Waals surface area contributed by atoms with Crippen LogP contribution in [-0.4, -0.2) is 11.3 Å². The topological polar surface area (TPSA) is 32.6 Å². The number of rotatable bonds is 2. The molecular weight excluding hydrogens is 405 g/mol. The van der Waals surface area contributed by atoms with Crippen LogP contribution in [0.25, 0.3) is 0 Å². The van der Waals surface area contributed by atoms with Gasteiger partial charge in [-0.2, -0.15) is 0 Å². The number of phenolic OH excluding ortho intramolecular Hbond substituents is 1. The van der Waals surface area contributed by atoms with Gasteiger partial charge in [0, 0.05) is 21.3 Å². The van der Waals surface area contributed by atoms with Gasteiger partial charge in [-0.05, 0) is 65.2 Å². The number of halogens is 3. The molecule has 0 aromatic heterocycles. The van der Waals surface area contributed by atoms with Crippen molar-refractivity contribution in [1.29, 1.82) is 0 Å². The summed E-state index contributed by atoms with van der Waals surface area (Å²) in [5.41, 5.74) is 3.06. The SMILES string of the molecule is Cc1c(Cl)c(C)c(C=Nc2ccc(Br)cc2)c(O)c1Br. The van der Waals surface area contributed by atoms with E-state index in [-0.39, 0.29) is 5.75 Å². The van der Waals surface area contributed by atoms with E-state index in [9.17, 15) is 5.11 Å². The van der Waals surface area contributed by atoms with Gasteiger partial charge in [0.1, 0.15) is 5.75 Å². The van der Waals surface area contributed by atoms with Crippen LogP contribution in [0.1, 0.15) is 16.7 Å². The van der Waals surface area contributed by atoms with Gasteiger partial charge in [-0.25, -0.2) is 0 Å². The molecule has 5 heteroatoms. The Balaban J connectivity index is 2.46. The number of aromatic hydroxyl groups is 1. The molecular formula is C15H12Br2ClNO. The lowest BCUT2D eigenvalue weighted by Gasteiger charge is -2.11. The molecule has 104 valence electrons. The van der Waals surface area contributed by atoms with E-state index >= 15 is 0 Å². The van der Waals surface area contributed by atoms with Crippen molar-refractivity contribution in [2.75, 3.05) is 0 Å². The fourth-order valence-corrected chi connectivity index (χ4v) is 2.78. The van der Waals surface area contributed by atoms with E-state index in [1.54, 1.807) is 6.21 Å². The van der Waals surface area contributed by atoms with Crippen LogP contribution in [0.2, 0.25) is 5.02 Å². The van der Waals surface area contributed by atoms with Crippen molar-refractivity contribution in [3.63, 3.8) is 0 Å². The fraction of sp³-hybridized carbons (Fsp3) is 0.133. The molecule has 0 aliphatic rings. The van der Waals surface area contributed by atoms with Crippen LogP contribution in [0, 0.1) is 13.8 Å². The molecule has 0 fully saturated rings. The fourth-order valence-electron chi connectivity index (χ4n) is 1.79. The van der Waals surface area contributed by atoms with E-state index in [4.69, 9.17) is 11.6 Å². The second-order valence-electron chi connectivity index (χ2n) is 4.37. The zero-order valence-corrected chi connectivity index (χ0v) is 14.8. The number of hydrogen-bond donors (Lipinski definition) is 1. The maximum absolute atomic E-state index is 10.2. The Labute approximate surface area is 139 Å². The Morgan fingerprint density at radius 1 is 1.10 bits per heavy atom. The minimum absolute atomic E-state index is 0.158. The molecule has 0 saturated heterocycles. The van der Waals surface area contributed by atoms with E-state index in [0.29, 0.717) is 15.1 Å². The van der Waals surface area contributed by atoms with Crippen molar-refractivity contribution >= 4 is 55.4 Å². The predicted molar refractivity (Wildman–Crippen MR) is 91.7 cm³/mol. The zero-order chi connectivity index (χ0) is 14.9. The van der Waals surface area contributed by atoms with Gasteiger partial charge in [-0.1, -0.05) is 27.5 Å². The first-order valence-corrected chi connectivity index (χ1v) is 7.85. The van der Waals surface area contributed by atoms with Crippen molar-refractivity contribution in [1.82, 2.24) is 0 Å². The summed E-state index contributed by atoms with van der Waals surface area (Å²) < 4.78 is 1.60. The molecule has 0 aliphatic carbocycles. The van der Waals surface area contributed by atoms with Gasteiger partial charge in [0.05, 0.1) is 10.2 Å². The van der Waals surface area contributed by atoms with Crippen molar-refractivity contribution in [2.45, 2.75) is 13.8 Å². The average molecular weight is 418 g/mol. The van der Waals surface area contributed by atoms with Gasteiger partial charge in [0.2, 0.25) is 0 Å². The monoisotopic (exact) mass is 415 g/mol. The van der Waals surface area contributed by atoms with E-state index in [0.717, 1.165) is 21.3 Å². The minimum Gasteiger partial charge on any atom is -0.506 e. The molecule has 0 bridgehead atoms. The number of hydrogen-bond acceptors (Lipinski definition) is 2. The molecule has 2 rings (SSSR count). The van der Waals surface area contributed by atoms with Gasteiger partial charge in [-0.15, -0.1) is 0 Å². The molecule has 0 amide bonds. The summed E-state index contributed by atoms with van der Waals surface area (Å²) in [5.74, 6) is 0.158. The zero-order valence-electron chi connectivity index (χ0n) is 10.9.